The predicted octanol–water partition coefficient (Wildman–Crippen LogP) is 5.52. The van der Waals surface area contributed by atoms with Crippen LogP contribution in [0.2, 0.25) is 0 Å². The number of anilines is 2. The highest BCUT2D eigenvalue weighted by atomic mass is 79.9. The number of carbonyl (C=O) groups excluding carboxylic acids is 1. The number of sulfonamides is 1. The first-order chi connectivity index (χ1) is 17.8. The van der Waals surface area contributed by atoms with Crippen LogP contribution in [0.15, 0.2) is 82.2 Å². The molecule has 0 bridgehead atoms. The second kappa shape index (κ2) is 12.0. The van der Waals surface area contributed by atoms with E-state index in [0.717, 1.165) is 27.4 Å². The Balaban J connectivity index is 1.52. The Morgan fingerprint density at radius 3 is 2.22 bits per heavy atom. The van der Waals surface area contributed by atoms with E-state index in [1.807, 2.05) is 26.0 Å². The third-order valence-corrected chi connectivity index (χ3v) is 8.68. The monoisotopic (exact) mass is 585 g/mol. The summed E-state index contributed by atoms with van der Waals surface area (Å²) in [6.07, 6.45) is 2.42. The molecule has 1 N–H and O–H groups in total. The quantitative estimate of drug-likeness (QED) is 0.339. The number of nitrogens with zero attached hydrogens (tertiary/aromatic N) is 2. The number of nitrogens with one attached hydrogen (secondary N) is 1. The second-order valence-corrected chi connectivity index (χ2v) is 11.7. The fourth-order valence-corrected chi connectivity index (χ4v) is 6.06. The van der Waals surface area contributed by atoms with Crippen molar-refractivity contribution >= 4 is 43.2 Å². The Bertz CT molecular complexity index is 1290. The fraction of sp³-hybridized carbons (Fsp3) is 0.321. The second-order valence-electron chi connectivity index (χ2n) is 8.97. The van der Waals surface area contributed by atoms with Crippen LogP contribution in [0.1, 0.15) is 38.3 Å². The van der Waals surface area contributed by atoms with Gasteiger partial charge in [0.25, 0.3) is 10.0 Å². The van der Waals surface area contributed by atoms with Gasteiger partial charge < -0.3 is 15.0 Å². The van der Waals surface area contributed by atoms with E-state index < -0.39 is 15.9 Å². The number of halogens is 1. The zero-order chi connectivity index (χ0) is 26.4. The molecule has 7 nitrogen and oxygen atoms in total. The molecule has 1 amide bonds. The van der Waals surface area contributed by atoms with Crippen LogP contribution < -0.4 is 19.3 Å². The number of amides is 1. The third kappa shape index (κ3) is 6.64. The maximum atomic E-state index is 13.6. The molecule has 0 spiro atoms. The molecule has 0 saturated carbocycles. The van der Waals surface area contributed by atoms with Crippen molar-refractivity contribution in [3.05, 3.63) is 82.8 Å². The molecule has 1 aliphatic rings. The summed E-state index contributed by atoms with van der Waals surface area (Å²) in [5.74, 6) is 0.230. The highest BCUT2D eigenvalue weighted by Gasteiger charge is 2.28. The number of ether oxygens (including phenoxy) is 1. The van der Waals surface area contributed by atoms with Crippen molar-refractivity contribution in [2.75, 3.05) is 35.4 Å². The number of hydrogen-bond acceptors (Lipinski definition) is 5. The molecule has 4 rings (SSSR count). The molecule has 3 aromatic carbocycles. The van der Waals surface area contributed by atoms with E-state index in [2.05, 4.69) is 38.3 Å². The molecular weight excluding hydrogens is 554 g/mol. The summed E-state index contributed by atoms with van der Waals surface area (Å²) >= 11 is 3.34. The van der Waals surface area contributed by atoms with E-state index in [1.165, 1.54) is 30.7 Å². The minimum atomic E-state index is -4.00. The maximum Gasteiger partial charge on any atom is 0.264 e. The Morgan fingerprint density at radius 2 is 1.62 bits per heavy atom. The summed E-state index contributed by atoms with van der Waals surface area (Å²) in [7, 11) is -4.00. The van der Waals surface area contributed by atoms with Crippen molar-refractivity contribution < 1.29 is 17.9 Å². The van der Waals surface area contributed by atoms with Gasteiger partial charge in [-0.25, -0.2) is 8.42 Å². The standard InChI is InChI=1S/C28H32BrN3O4S/c1-3-36-26-14-12-25(13-15-26)32(37(34,35)27-16-8-23(29)9-17-27)20-28(33)30-21(2)22-6-10-24(11-7-22)31-18-4-5-19-31/h6-17,21H,3-5,18-20H2,1-2H3,(H,30,33). The van der Waals surface area contributed by atoms with Crippen LogP contribution in [0.5, 0.6) is 5.75 Å². The summed E-state index contributed by atoms with van der Waals surface area (Å²) < 4.78 is 34.6. The normalized spacial score (nSPS) is 14.3. The molecule has 1 aliphatic heterocycles. The lowest BCUT2D eigenvalue weighted by Gasteiger charge is -2.25. The van der Waals surface area contributed by atoms with Gasteiger partial charge in [0, 0.05) is 23.2 Å². The maximum absolute atomic E-state index is 13.6. The topological polar surface area (TPSA) is 79.0 Å². The molecule has 1 atom stereocenters. The summed E-state index contributed by atoms with van der Waals surface area (Å²) in [5.41, 5.74) is 2.52. The van der Waals surface area contributed by atoms with Crippen LogP contribution in [0.25, 0.3) is 0 Å². The van der Waals surface area contributed by atoms with Crippen LogP contribution in [-0.4, -0.2) is 40.6 Å². The molecule has 196 valence electrons. The summed E-state index contributed by atoms with van der Waals surface area (Å²) in [6.45, 7) is 6.05. The molecule has 37 heavy (non-hydrogen) atoms. The van der Waals surface area contributed by atoms with E-state index in [0.29, 0.717) is 18.0 Å². The first-order valence-electron chi connectivity index (χ1n) is 12.4. The summed E-state index contributed by atoms with van der Waals surface area (Å²) in [6, 6.07) is 21.0. The van der Waals surface area contributed by atoms with E-state index in [9.17, 15) is 13.2 Å². The van der Waals surface area contributed by atoms with E-state index in [4.69, 9.17) is 4.74 Å². The summed E-state index contributed by atoms with van der Waals surface area (Å²) in [4.78, 5) is 15.6. The Labute approximate surface area is 227 Å². The third-order valence-electron chi connectivity index (χ3n) is 6.37. The van der Waals surface area contributed by atoms with Crippen LogP contribution in [-0.2, 0) is 14.8 Å². The first-order valence-corrected chi connectivity index (χ1v) is 14.7. The molecule has 1 fully saturated rings. The Kier molecular flexibility index (Phi) is 8.76. The van der Waals surface area contributed by atoms with Crippen molar-refractivity contribution in [3.63, 3.8) is 0 Å². The van der Waals surface area contributed by atoms with Gasteiger partial charge in [0.1, 0.15) is 12.3 Å². The molecular formula is C28H32BrN3O4S. The molecule has 0 aromatic heterocycles. The van der Waals surface area contributed by atoms with Gasteiger partial charge in [0.15, 0.2) is 0 Å². The van der Waals surface area contributed by atoms with Gasteiger partial charge in [0.2, 0.25) is 5.91 Å². The average molecular weight is 587 g/mol. The molecule has 1 unspecified atom stereocenters. The largest absolute Gasteiger partial charge is 0.494 e. The molecule has 1 saturated heterocycles. The van der Waals surface area contributed by atoms with Crippen molar-refractivity contribution in [3.8, 4) is 5.75 Å². The number of rotatable bonds is 10. The highest BCUT2D eigenvalue weighted by Crippen LogP contribution is 2.27. The van der Waals surface area contributed by atoms with Crippen LogP contribution >= 0.6 is 15.9 Å². The number of benzene rings is 3. The Hall–Kier alpha value is -3.04. The van der Waals surface area contributed by atoms with E-state index >= 15 is 0 Å². The van der Waals surface area contributed by atoms with Gasteiger partial charge in [-0.3, -0.25) is 9.10 Å². The fourth-order valence-electron chi connectivity index (χ4n) is 4.37. The molecule has 0 radical (unpaired) electrons. The van der Waals surface area contributed by atoms with Crippen molar-refractivity contribution in [2.24, 2.45) is 0 Å². The van der Waals surface area contributed by atoms with Crippen LogP contribution in [0, 0.1) is 0 Å². The van der Waals surface area contributed by atoms with E-state index in [1.54, 1.807) is 36.4 Å². The predicted molar refractivity (Wildman–Crippen MR) is 151 cm³/mol. The zero-order valence-corrected chi connectivity index (χ0v) is 23.5. The van der Waals surface area contributed by atoms with Crippen molar-refractivity contribution in [1.82, 2.24) is 5.32 Å². The van der Waals surface area contributed by atoms with Gasteiger partial charge in [-0.1, -0.05) is 28.1 Å². The SMILES string of the molecule is CCOc1ccc(N(CC(=O)NC(C)c2ccc(N3CCCC3)cc2)S(=O)(=O)c2ccc(Br)cc2)cc1. The average Bonchev–Trinajstić information content (AvgIpc) is 3.43. The molecule has 0 aliphatic carbocycles. The summed E-state index contributed by atoms with van der Waals surface area (Å²) in [5, 5.41) is 2.96. The lowest BCUT2D eigenvalue weighted by molar-refractivity contribution is -0.120. The van der Waals surface area contributed by atoms with Gasteiger partial charge in [-0.2, -0.15) is 0 Å². The van der Waals surface area contributed by atoms with Gasteiger partial charge in [-0.15, -0.1) is 0 Å². The van der Waals surface area contributed by atoms with E-state index in [-0.39, 0.29) is 17.5 Å². The number of hydrogen-bond donors (Lipinski definition) is 1. The van der Waals surface area contributed by atoms with Crippen molar-refractivity contribution in [2.45, 2.75) is 37.6 Å². The first kappa shape index (κ1) is 27.0. The molecule has 9 heteroatoms. The van der Waals surface area contributed by atoms with Gasteiger partial charge in [0.05, 0.1) is 23.2 Å². The van der Waals surface area contributed by atoms with Crippen LogP contribution in [0.4, 0.5) is 11.4 Å². The van der Waals surface area contributed by atoms with Crippen molar-refractivity contribution in [1.29, 1.82) is 0 Å². The molecule has 3 aromatic rings. The minimum Gasteiger partial charge on any atom is -0.494 e. The molecule has 1 heterocycles. The lowest BCUT2D eigenvalue weighted by atomic mass is 10.1. The number of carbonyl (C=O) groups is 1. The minimum absolute atomic E-state index is 0.0999. The van der Waals surface area contributed by atoms with Crippen LogP contribution in [0.3, 0.4) is 0 Å². The Morgan fingerprint density at radius 1 is 1.00 bits per heavy atom. The van der Waals surface area contributed by atoms with Gasteiger partial charge in [-0.05, 0) is 92.9 Å². The highest BCUT2D eigenvalue weighted by molar-refractivity contribution is 9.10. The zero-order valence-electron chi connectivity index (χ0n) is 21.1. The lowest BCUT2D eigenvalue weighted by Crippen LogP contribution is -2.41. The van der Waals surface area contributed by atoms with Gasteiger partial charge >= 0.3 is 0 Å². The smallest absolute Gasteiger partial charge is 0.264 e.